The predicted molar refractivity (Wildman–Crippen MR) is 63.2 cm³/mol. The molecule has 4 nitrogen and oxygen atoms in total. The highest BCUT2D eigenvalue weighted by Crippen LogP contribution is 2.12. The van der Waals surface area contributed by atoms with Gasteiger partial charge in [0.1, 0.15) is 0 Å². The fourth-order valence-electron chi connectivity index (χ4n) is 1.82. The third-order valence-electron chi connectivity index (χ3n) is 2.85. The van der Waals surface area contributed by atoms with E-state index in [0.717, 1.165) is 39.4 Å². The van der Waals surface area contributed by atoms with Crippen LogP contribution in [0.4, 0.5) is 0 Å². The molecule has 1 rings (SSSR count). The van der Waals surface area contributed by atoms with Crippen LogP contribution in [0, 0.1) is 0 Å². The summed E-state index contributed by atoms with van der Waals surface area (Å²) in [5, 5.41) is 6.56. The lowest BCUT2D eigenvalue weighted by atomic mass is 10.1. The highest BCUT2D eigenvalue weighted by atomic mass is 16.5. The molecule has 0 atom stereocenters. The first-order valence-electron chi connectivity index (χ1n) is 5.94. The highest BCUT2D eigenvalue weighted by molar-refractivity contribution is 4.80. The van der Waals surface area contributed by atoms with Gasteiger partial charge in [0.25, 0.3) is 0 Å². The van der Waals surface area contributed by atoms with E-state index >= 15 is 0 Å². The zero-order chi connectivity index (χ0) is 11.1. The van der Waals surface area contributed by atoms with Crippen molar-refractivity contribution in [2.75, 3.05) is 46.4 Å². The molecule has 0 aliphatic carbocycles. The van der Waals surface area contributed by atoms with E-state index in [1.54, 1.807) is 0 Å². The summed E-state index contributed by atoms with van der Waals surface area (Å²) in [6, 6.07) is 1.26. The highest BCUT2D eigenvalue weighted by Gasteiger charge is 2.27. The number of hydrogen-bond donors (Lipinski definition) is 2. The molecule has 0 saturated carbocycles. The predicted octanol–water partition coefficient (Wildman–Crippen LogP) is -0.0954. The van der Waals surface area contributed by atoms with Crippen molar-refractivity contribution in [2.45, 2.75) is 25.9 Å². The van der Waals surface area contributed by atoms with Crippen LogP contribution in [0.5, 0.6) is 0 Å². The van der Waals surface area contributed by atoms with Crippen molar-refractivity contribution in [2.24, 2.45) is 0 Å². The van der Waals surface area contributed by atoms with Gasteiger partial charge in [-0.3, -0.25) is 4.90 Å². The Bertz CT molecular complexity index is 160. The Morgan fingerprint density at radius 1 is 1.27 bits per heavy atom. The van der Waals surface area contributed by atoms with E-state index in [-0.39, 0.29) is 0 Å². The summed E-state index contributed by atoms with van der Waals surface area (Å²) in [6.07, 6.45) is 0. The second-order valence-electron chi connectivity index (χ2n) is 4.38. The Labute approximate surface area is 93.4 Å². The van der Waals surface area contributed by atoms with Gasteiger partial charge in [-0.25, -0.2) is 0 Å². The minimum atomic E-state index is 0.616. The molecule has 4 heteroatoms. The largest absolute Gasteiger partial charge is 0.378 e. The molecular formula is C11H25N3O. The van der Waals surface area contributed by atoms with E-state index in [2.05, 4.69) is 29.4 Å². The second kappa shape index (κ2) is 7.17. The third-order valence-corrected chi connectivity index (χ3v) is 2.85. The van der Waals surface area contributed by atoms with Crippen LogP contribution in [0.1, 0.15) is 13.8 Å². The molecule has 2 N–H and O–H groups in total. The summed E-state index contributed by atoms with van der Waals surface area (Å²) in [7, 11) is 1.98. The van der Waals surface area contributed by atoms with Gasteiger partial charge in [-0.05, 0) is 20.9 Å². The molecule has 0 aromatic carbocycles. The first-order valence-corrected chi connectivity index (χ1v) is 5.94. The average molecular weight is 215 g/mol. The van der Waals surface area contributed by atoms with Gasteiger partial charge in [-0.15, -0.1) is 0 Å². The lowest BCUT2D eigenvalue weighted by Crippen LogP contribution is -2.53. The van der Waals surface area contributed by atoms with Gasteiger partial charge in [-0.1, -0.05) is 0 Å². The SMILES string of the molecule is CNCCNCCN(C(C)C)C1COC1. The number of nitrogens with one attached hydrogen (secondary N) is 2. The van der Waals surface area contributed by atoms with Crippen LogP contribution in [-0.2, 0) is 4.74 Å². The molecule has 1 saturated heterocycles. The van der Waals surface area contributed by atoms with Crippen molar-refractivity contribution in [3.05, 3.63) is 0 Å². The molecule has 1 aliphatic heterocycles. The number of hydrogen-bond acceptors (Lipinski definition) is 4. The zero-order valence-electron chi connectivity index (χ0n) is 10.3. The smallest absolute Gasteiger partial charge is 0.0645 e. The fourth-order valence-corrected chi connectivity index (χ4v) is 1.82. The van der Waals surface area contributed by atoms with Gasteiger partial charge in [0.15, 0.2) is 0 Å². The van der Waals surface area contributed by atoms with Gasteiger partial charge in [0, 0.05) is 32.2 Å². The molecular weight excluding hydrogens is 190 g/mol. The maximum atomic E-state index is 5.24. The van der Waals surface area contributed by atoms with Crippen molar-refractivity contribution in [3.8, 4) is 0 Å². The van der Waals surface area contributed by atoms with Crippen molar-refractivity contribution in [3.63, 3.8) is 0 Å². The maximum absolute atomic E-state index is 5.24. The van der Waals surface area contributed by atoms with Crippen molar-refractivity contribution >= 4 is 0 Å². The standard InChI is InChI=1S/C11H25N3O/c1-10(2)14(11-8-15-9-11)7-6-13-5-4-12-3/h10-13H,4-9H2,1-3H3. The number of likely N-dealkylation sites (N-methyl/N-ethyl adjacent to an activating group) is 1. The average Bonchev–Trinajstić information content (AvgIpc) is 2.12. The Morgan fingerprint density at radius 3 is 2.47 bits per heavy atom. The normalized spacial score (nSPS) is 17.4. The Hall–Kier alpha value is -0.160. The quantitative estimate of drug-likeness (QED) is 0.555. The molecule has 0 aromatic heterocycles. The molecule has 0 bridgehead atoms. The molecule has 0 amide bonds. The van der Waals surface area contributed by atoms with E-state index in [1.165, 1.54) is 0 Å². The molecule has 90 valence electrons. The van der Waals surface area contributed by atoms with Crippen LogP contribution in [-0.4, -0.2) is 63.4 Å². The first-order chi connectivity index (χ1) is 7.25. The minimum Gasteiger partial charge on any atom is -0.378 e. The molecule has 0 aromatic rings. The molecule has 1 fully saturated rings. The van der Waals surface area contributed by atoms with Crippen LogP contribution >= 0.6 is 0 Å². The van der Waals surface area contributed by atoms with E-state index < -0.39 is 0 Å². The summed E-state index contributed by atoms with van der Waals surface area (Å²) in [5.41, 5.74) is 0. The molecule has 1 heterocycles. The van der Waals surface area contributed by atoms with E-state index in [4.69, 9.17) is 4.74 Å². The Kier molecular flexibility index (Phi) is 6.17. The van der Waals surface area contributed by atoms with Gasteiger partial charge in [0.2, 0.25) is 0 Å². The van der Waals surface area contributed by atoms with Crippen LogP contribution in [0.2, 0.25) is 0 Å². The molecule has 0 radical (unpaired) electrons. The van der Waals surface area contributed by atoms with E-state index in [9.17, 15) is 0 Å². The van der Waals surface area contributed by atoms with Crippen LogP contribution in [0.15, 0.2) is 0 Å². The van der Waals surface area contributed by atoms with E-state index in [1.807, 2.05) is 7.05 Å². The topological polar surface area (TPSA) is 36.5 Å². The monoisotopic (exact) mass is 215 g/mol. The third kappa shape index (κ3) is 4.47. The minimum absolute atomic E-state index is 0.616. The molecule has 15 heavy (non-hydrogen) atoms. The zero-order valence-corrected chi connectivity index (χ0v) is 10.3. The second-order valence-corrected chi connectivity index (χ2v) is 4.38. The van der Waals surface area contributed by atoms with Crippen molar-refractivity contribution in [1.82, 2.24) is 15.5 Å². The number of rotatable bonds is 8. The van der Waals surface area contributed by atoms with Crippen LogP contribution in [0.3, 0.4) is 0 Å². The van der Waals surface area contributed by atoms with Crippen molar-refractivity contribution < 1.29 is 4.74 Å². The lowest BCUT2D eigenvalue weighted by molar-refractivity contribution is -0.0744. The first kappa shape index (κ1) is 12.9. The molecule has 0 spiro atoms. The fraction of sp³-hybridized carbons (Fsp3) is 1.00. The van der Waals surface area contributed by atoms with Gasteiger partial charge < -0.3 is 15.4 Å². The number of nitrogens with zero attached hydrogens (tertiary/aromatic N) is 1. The van der Waals surface area contributed by atoms with Crippen LogP contribution < -0.4 is 10.6 Å². The van der Waals surface area contributed by atoms with Gasteiger partial charge in [0.05, 0.1) is 19.3 Å². The summed E-state index contributed by atoms with van der Waals surface area (Å²) >= 11 is 0. The van der Waals surface area contributed by atoms with Crippen molar-refractivity contribution in [1.29, 1.82) is 0 Å². The van der Waals surface area contributed by atoms with Gasteiger partial charge >= 0.3 is 0 Å². The van der Waals surface area contributed by atoms with E-state index in [0.29, 0.717) is 12.1 Å². The Balaban J connectivity index is 2.09. The Morgan fingerprint density at radius 2 is 2.00 bits per heavy atom. The summed E-state index contributed by atoms with van der Waals surface area (Å²) in [6.45, 7) is 10.6. The summed E-state index contributed by atoms with van der Waals surface area (Å²) < 4.78 is 5.24. The summed E-state index contributed by atoms with van der Waals surface area (Å²) in [4.78, 5) is 2.52. The van der Waals surface area contributed by atoms with Gasteiger partial charge in [-0.2, -0.15) is 0 Å². The summed E-state index contributed by atoms with van der Waals surface area (Å²) in [5.74, 6) is 0. The maximum Gasteiger partial charge on any atom is 0.0645 e. The molecule has 1 aliphatic rings. The van der Waals surface area contributed by atoms with Crippen LogP contribution in [0.25, 0.3) is 0 Å². The molecule has 0 unspecified atom stereocenters. The lowest BCUT2D eigenvalue weighted by Gasteiger charge is -2.40. The number of ether oxygens (including phenoxy) is 1.